The summed E-state index contributed by atoms with van der Waals surface area (Å²) in [6.07, 6.45) is 3.18. The molecule has 0 heterocycles. The molecule has 7 nitrogen and oxygen atoms in total. The number of nitrogens with zero attached hydrogens (tertiary/aromatic N) is 1. The van der Waals surface area contributed by atoms with Crippen LogP contribution in [0.4, 0.5) is 5.69 Å². The number of amides is 1. The quantitative estimate of drug-likeness (QED) is 0.207. The van der Waals surface area contributed by atoms with Crippen LogP contribution in [0.25, 0.3) is 6.08 Å². The van der Waals surface area contributed by atoms with E-state index < -0.39 is 5.91 Å². The number of Topliss-reactive ketones (excluding diaryl/α,β-unsaturated/α-hetero) is 2. The van der Waals surface area contributed by atoms with Crippen LogP contribution in [-0.2, 0) is 20.8 Å². The lowest BCUT2D eigenvalue weighted by atomic mass is 10.00. The van der Waals surface area contributed by atoms with Gasteiger partial charge in [-0.15, -0.1) is 0 Å². The summed E-state index contributed by atoms with van der Waals surface area (Å²) in [5.41, 5.74) is 3.88. The van der Waals surface area contributed by atoms with Crippen molar-refractivity contribution in [2.45, 2.75) is 40.0 Å². The van der Waals surface area contributed by atoms with E-state index in [1.807, 2.05) is 18.2 Å². The lowest BCUT2D eigenvalue weighted by Crippen LogP contribution is -2.28. The van der Waals surface area contributed by atoms with Gasteiger partial charge in [0.05, 0.1) is 6.42 Å². The number of hydroxylamine groups is 1. The zero-order valence-corrected chi connectivity index (χ0v) is 17.0. The fourth-order valence-electron chi connectivity index (χ4n) is 2.75. The minimum Gasteiger partial charge on any atom is -0.384 e. The van der Waals surface area contributed by atoms with Crippen molar-refractivity contribution >= 4 is 29.2 Å². The third kappa shape index (κ3) is 8.45. The van der Waals surface area contributed by atoms with Crippen LogP contribution in [0.2, 0.25) is 0 Å². The first kappa shape index (κ1) is 23.5. The lowest BCUT2D eigenvalue weighted by molar-refractivity contribution is -0.126. The number of likely N-dealkylation sites (N-methyl/N-ethyl adjacent to an activating group) is 1. The third-order valence-electron chi connectivity index (χ3n) is 4.48. The molecule has 28 heavy (non-hydrogen) atoms. The summed E-state index contributed by atoms with van der Waals surface area (Å²) in [4.78, 5) is 37.3. The summed E-state index contributed by atoms with van der Waals surface area (Å²) in [5, 5.41) is 11.9. The van der Waals surface area contributed by atoms with Crippen molar-refractivity contribution in [1.82, 2.24) is 10.4 Å². The number of anilines is 1. The van der Waals surface area contributed by atoms with Gasteiger partial charge in [0.2, 0.25) is 0 Å². The van der Waals surface area contributed by atoms with E-state index in [0.717, 1.165) is 43.0 Å². The van der Waals surface area contributed by atoms with E-state index in [4.69, 9.17) is 5.21 Å². The number of ketones is 2. The van der Waals surface area contributed by atoms with Crippen LogP contribution >= 0.6 is 0 Å². The molecule has 1 aromatic carbocycles. The summed E-state index contributed by atoms with van der Waals surface area (Å²) in [6.45, 7) is 9.53. The molecule has 0 atom stereocenters. The van der Waals surface area contributed by atoms with Crippen LogP contribution in [0.1, 0.15) is 44.7 Å². The molecule has 1 aromatic rings. The minimum absolute atomic E-state index is 0.0671. The number of hydrogen-bond donors (Lipinski definition) is 3. The molecular weight excluding hydrogens is 358 g/mol. The second-order valence-electron chi connectivity index (χ2n) is 6.46. The molecule has 0 radical (unpaired) electrons. The normalized spacial score (nSPS) is 11.0. The highest BCUT2D eigenvalue weighted by molar-refractivity contribution is 6.00. The Bertz CT molecular complexity index is 697. The summed E-state index contributed by atoms with van der Waals surface area (Å²) in [5.74, 6) is -0.836. The monoisotopic (exact) mass is 389 g/mol. The van der Waals surface area contributed by atoms with E-state index in [-0.39, 0.29) is 24.4 Å². The highest BCUT2D eigenvalue weighted by Crippen LogP contribution is 2.20. The summed E-state index contributed by atoms with van der Waals surface area (Å²) < 4.78 is 0. The molecule has 0 aliphatic rings. The Kier molecular flexibility index (Phi) is 10.8. The molecule has 1 amide bonds. The van der Waals surface area contributed by atoms with Gasteiger partial charge in [-0.2, -0.15) is 0 Å². The first-order valence-corrected chi connectivity index (χ1v) is 9.68. The SMILES string of the molecule is CCC(=O)CC(=O)Cc1cc(/C=C/C(=O)NO)ccc1NCCN(CC)CC. The van der Waals surface area contributed by atoms with Gasteiger partial charge in [0.25, 0.3) is 5.91 Å². The van der Waals surface area contributed by atoms with Gasteiger partial charge in [-0.05, 0) is 42.4 Å². The Labute approximate surface area is 166 Å². The number of benzene rings is 1. The van der Waals surface area contributed by atoms with E-state index >= 15 is 0 Å². The summed E-state index contributed by atoms with van der Waals surface area (Å²) >= 11 is 0. The Balaban J connectivity index is 2.95. The van der Waals surface area contributed by atoms with Crippen molar-refractivity contribution in [2.24, 2.45) is 0 Å². The third-order valence-corrected chi connectivity index (χ3v) is 4.48. The van der Waals surface area contributed by atoms with Crippen LogP contribution < -0.4 is 10.8 Å². The molecule has 0 saturated heterocycles. The zero-order chi connectivity index (χ0) is 20.9. The van der Waals surface area contributed by atoms with E-state index in [1.54, 1.807) is 13.0 Å². The Morgan fingerprint density at radius 3 is 2.43 bits per heavy atom. The first-order chi connectivity index (χ1) is 13.4. The highest BCUT2D eigenvalue weighted by Gasteiger charge is 2.12. The van der Waals surface area contributed by atoms with Gasteiger partial charge >= 0.3 is 0 Å². The van der Waals surface area contributed by atoms with Crippen molar-refractivity contribution in [3.05, 3.63) is 35.4 Å². The van der Waals surface area contributed by atoms with Crippen LogP contribution in [-0.4, -0.2) is 53.8 Å². The maximum absolute atomic E-state index is 12.3. The number of carbonyl (C=O) groups is 3. The Hall–Kier alpha value is -2.51. The van der Waals surface area contributed by atoms with Gasteiger partial charge in [0, 0.05) is 37.7 Å². The fraction of sp³-hybridized carbons (Fsp3) is 0.476. The number of nitrogens with one attached hydrogen (secondary N) is 2. The molecular formula is C21H31N3O4. The number of rotatable bonds is 13. The predicted molar refractivity (Wildman–Crippen MR) is 110 cm³/mol. The fourth-order valence-corrected chi connectivity index (χ4v) is 2.75. The van der Waals surface area contributed by atoms with Crippen LogP contribution in [0, 0.1) is 0 Å². The smallest absolute Gasteiger partial charge is 0.267 e. The molecule has 0 aliphatic heterocycles. The van der Waals surface area contributed by atoms with Gasteiger partial charge in [-0.1, -0.05) is 26.8 Å². The average molecular weight is 389 g/mol. The second-order valence-corrected chi connectivity index (χ2v) is 6.46. The van der Waals surface area contributed by atoms with Crippen molar-refractivity contribution < 1.29 is 19.6 Å². The van der Waals surface area contributed by atoms with Crippen LogP contribution in [0.15, 0.2) is 24.3 Å². The van der Waals surface area contributed by atoms with Crippen LogP contribution in [0.3, 0.4) is 0 Å². The van der Waals surface area contributed by atoms with E-state index in [9.17, 15) is 14.4 Å². The number of hydrogen-bond acceptors (Lipinski definition) is 6. The lowest BCUT2D eigenvalue weighted by Gasteiger charge is -2.19. The summed E-state index contributed by atoms with van der Waals surface area (Å²) in [7, 11) is 0. The van der Waals surface area contributed by atoms with Crippen molar-refractivity contribution in [2.75, 3.05) is 31.5 Å². The van der Waals surface area contributed by atoms with Crippen molar-refractivity contribution in [1.29, 1.82) is 0 Å². The molecule has 0 aliphatic carbocycles. The molecule has 0 aromatic heterocycles. The Morgan fingerprint density at radius 1 is 1.11 bits per heavy atom. The van der Waals surface area contributed by atoms with Gasteiger partial charge in [-0.3, -0.25) is 19.6 Å². The molecule has 3 N–H and O–H groups in total. The van der Waals surface area contributed by atoms with Gasteiger partial charge < -0.3 is 10.2 Å². The van der Waals surface area contributed by atoms with E-state index in [1.165, 1.54) is 11.6 Å². The maximum atomic E-state index is 12.3. The molecule has 7 heteroatoms. The van der Waals surface area contributed by atoms with E-state index in [0.29, 0.717) is 6.42 Å². The van der Waals surface area contributed by atoms with Gasteiger partial charge in [0.15, 0.2) is 0 Å². The highest BCUT2D eigenvalue weighted by atomic mass is 16.5. The topological polar surface area (TPSA) is 98.7 Å². The van der Waals surface area contributed by atoms with Gasteiger partial charge in [0.1, 0.15) is 11.6 Å². The molecule has 0 bridgehead atoms. The molecule has 0 unspecified atom stereocenters. The van der Waals surface area contributed by atoms with E-state index in [2.05, 4.69) is 24.1 Å². The Morgan fingerprint density at radius 2 is 1.82 bits per heavy atom. The predicted octanol–water partition coefficient (Wildman–Crippen LogP) is 2.44. The minimum atomic E-state index is -0.632. The molecule has 0 saturated carbocycles. The molecule has 0 fully saturated rings. The summed E-state index contributed by atoms with van der Waals surface area (Å²) in [6, 6.07) is 5.50. The standard InChI is InChI=1S/C21H31N3O4/c1-4-18(25)15-19(26)14-17-13-16(8-10-21(27)23-28)7-9-20(17)22-11-12-24(5-2)6-3/h7-10,13,22,28H,4-6,11-12,14-15H2,1-3H3,(H,23,27)/b10-8+. The molecule has 1 rings (SSSR count). The van der Waals surface area contributed by atoms with Crippen molar-refractivity contribution in [3.8, 4) is 0 Å². The largest absolute Gasteiger partial charge is 0.384 e. The van der Waals surface area contributed by atoms with Crippen molar-refractivity contribution in [3.63, 3.8) is 0 Å². The zero-order valence-electron chi connectivity index (χ0n) is 17.0. The second kappa shape index (κ2) is 12.8. The maximum Gasteiger partial charge on any atom is 0.267 e. The van der Waals surface area contributed by atoms with Crippen LogP contribution in [0.5, 0.6) is 0 Å². The molecule has 154 valence electrons. The van der Waals surface area contributed by atoms with Gasteiger partial charge in [-0.25, -0.2) is 5.48 Å². The number of carbonyl (C=O) groups excluding carboxylic acids is 3. The first-order valence-electron chi connectivity index (χ1n) is 9.68. The molecule has 0 spiro atoms. The average Bonchev–Trinajstić information content (AvgIpc) is 2.70.